The smallest absolute Gasteiger partial charge is 0.238 e. The molecule has 0 bridgehead atoms. The Labute approximate surface area is 192 Å². The van der Waals surface area contributed by atoms with Crippen molar-refractivity contribution in [3.05, 3.63) is 60.2 Å². The van der Waals surface area contributed by atoms with Crippen LogP contribution in [0.2, 0.25) is 0 Å². The zero-order chi connectivity index (χ0) is 22.6. The molecule has 1 saturated carbocycles. The van der Waals surface area contributed by atoms with Crippen molar-refractivity contribution in [3.63, 3.8) is 0 Å². The van der Waals surface area contributed by atoms with Gasteiger partial charge in [-0.25, -0.2) is 0 Å². The maximum Gasteiger partial charge on any atom is 0.238 e. The molecule has 2 aromatic rings. The average Bonchev–Trinajstić information content (AvgIpc) is 2.81. The molecule has 1 saturated heterocycles. The highest BCUT2D eigenvalue weighted by Crippen LogP contribution is 2.49. The van der Waals surface area contributed by atoms with Crippen LogP contribution in [0, 0.1) is 5.92 Å². The van der Waals surface area contributed by atoms with Gasteiger partial charge in [0.05, 0.1) is 12.1 Å². The number of para-hydroxylation sites is 1. The van der Waals surface area contributed by atoms with Gasteiger partial charge in [-0.2, -0.15) is 0 Å². The maximum atomic E-state index is 12.9. The molecule has 2 N–H and O–H groups in total. The second-order valence-corrected chi connectivity index (χ2v) is 9.30. The third kappa shape index (κ3) is 4.84. The number of hydrogen-bond acceptors (Lipinski definition) is 4. The van der Waals surface area contributed by atoms with Gasteiger partial charge < -0.3 is 15.3 Å². The largest absolute Gasteiger partial charge is 0.389 e. The summed E-state index contributed by atoms with van der Waals surface area (Å²) in [5.74, 6) is 0.163. The van der Waals surface area contributed by atoms with E-state index in [0.29, 0.717) is 6.54 Å². The second-order valence-electron chi connectivity index (χ2n) is 9.30. The molecule has 32 heavy (non-hydrogen) atoms. The van der Waals surface area contributed by atoms with Crippen LogP contribution in [0.3, 0.4) is 0 Å². The van der Waals surface area contributed by atoms with Gasteiger partial charge in [-0.3, -0.25) is 9.69 Å². The summed E-state index contributed by atoms with van der Waals surface area (Å²) in [4.78, 5) is 17.5. The first-order valence-electron chi connectivity index (χ1n) is 12.2. The van der Waals surface area contributed by atoms with Crippen LogP contribution in [0.25, 0.3) is 0 Å². The van der Waals surface area contributed by atoms with E-state index in [2.05, 4.69) is 53.2 Å². The molecule has 4 rings (SSSR count). The van der Waals surface area contributed by atoms with Gasteiger partial charge in [-0.1, -0.05) is 43.2 Å². The van der Waals surface area contributed by atoms with Crippen LogP contribution in [0.1, 0.15) is 57.6 Å². The van der Waals surface area contributed by atoms with Gasteiger partial charge in [0.25, 0.3) is 0 Å². The summed E-state index contributed by atoms with van der Waals surface area (Å²) in [6.45, 7) is 7.38. The number of carbonyl (C=O) groups excluding carboxylic acids is 1. The summed E-state index contributed by atoms with van der Waals surface area (Å²) in [6.07, 6.45) is 4.86. The molecule has 2 fully saturated rings. The number of nitrogens with one attached hydrogen (secondary N) is 1. The molecule has 1 amide bonds. The number of benzene rings is 2. The molecule has 3 atom stereocenters. The third-order valence-corrected chi connectivity index (χ3v) is 7.44. The Hall–Kier alpha value is -2.37. The van der Waals surface area contributed by atoms with Crippen LogP contribution in [0.4, 0.5) is 11.4 Å². The fourth-order valence-electron chi connectivity index (χ4n) is 5.74. The van der Waals surface area contributed by atoms with E-state index >= 15 is 0 Å². The Morgan fingerprint density at radius 2 is 1.78 bits per heavy atom. The summed E-state index contributed by atoms with van der Waals surface area (Å²) in [7, 11) is 0. The Bertz CT molecular complexity index is 882. The first kappa shape index (κ1) is 22.8. The van der Waals surface area contributed by atoms with Crippen molar-refractivity contribution in [2.24, 2.45) is 5.92 Å². The van der Waals surface area contributed by atoms with Crippen molar-refractivity contribution in [2.45, 2.75) is 57.6 Å². The van der Waals surface area contributed by atoms with E-state index in [1.54, 1.807) is 0 Å². The summed E-state index contributed by atoms with van der Waals surface area (Å²) in [6, 6.07) is 18.5. The fourth-order valence-corrected chi connectivity index (χ4v) is 5.74. The van der Waals surface area contributed by atoms with Crippen molar-refractivity contribution in [1.82, 2.24) is 4.90 Å². The summed E-state index contributed by atoms with van der Waals surface area (Å²) < 4.78 is 0. The molecule has 0 radical (unpaired) electrons. The van der Waals surface area contributed by atoms with Gasteiger partial charge in [0.2, 0.25) is 5.91 Å². The van der Waals surface area contributed by atoms with E-state index in [1.807, 2.05) is 30.3 Å². The Balaban J connectivity index is 1.58. The molecule has 0 unspecified atom stereocenters. The lowest BCUT2D eigenvalue weighted by Gasteiger charge is -2.52. The van der Waals surface area contributed by atoms with Crippen molar-refractivity contribution in [1.29, 1.82) is 0 Å². The molecule has 2 aromatic carbocycles. The molecular weight excluding hydrogens is 398 g/mol. The minimum Gasteiger partial charge on any atom is -0.389 e. The number of hydrogen-bond donors (Lipinski definition) is 2. The summed E-state index contributed by atoms with van der Waals surface area (Å²) in [5, 5.41) is 14.5. The van der Waals surface area contributed by atoms with E-state index in [9.17, 15) is 9.90 Å². The van der Waals surface area contributed by atoms with Crippen LogP contribution in [-0.2, 0) is 4.79 Å². The van der Waals surface area contributed by atoms with Crippen molar-refractivity contribution in [3.8, 4) is 0 Å². The topological polar surface area (TPSA) is 55.8 Å². The number of aliphatic hydroxyl groups is 1. The van der Waals surface area contributed by atoms with Crippen molar-refractivity contribution < 1.29 is 9.90 Å². The standard InChI is InChI=1S/C27H37N3O2/c1-3-29(4-2)23-15-13-21(14-16-23)26-24-12-8-9-17-27(24,32)18-19-30(26)20-25(31)28-22-10-6-5-7-11-22/h5-7,10-11,13-16,24,26,32H,3-4,8-9,12,17-20H2,1-2H3,(H,28,31)/t24-,26-,27-/m1/s1. The summed E-state index contributed by atoms with van der Waals surface area (Å²) >= 11 is 0. The molecule has 172 valence electrons. The van der Waals surface area contributed by atoms with E-state index < -0.39 is 5.60 Å². The average molecular weight is 436 g/mol. The molecule has 1 heterocycles. The van der Waals surface area contributed by atoms with Crippen LogP contribution >= 0.6 is 0 Å². The number of fused-ring (bicyclic) bond motifs is 1. The van der Waals surface area contributed by atoms with Crippen LogP contribution in [-0.4, -0.2) is 47.7 Å². The van der Waals surface area contributed by atoms with Gasteiger partial charge in [-0.05, 0) is 62.9 Å². The van der Waals surface area contributed by atoms with Gasteiger partial charge in [0, 0.05) is 43.0 Å². The Kier molecular flexibility index (Phi) is 7.17. The van der Waals surface area contributed by atoms with E-state index in [-0.39, 0.29) is 17.9 Å². The first-order valence-corrected chi connectivity index (χ1v) is 12.2. The lowest BCUT2D eigenvalue weighted by atomic mass is 9.66. The SMILES string of the molecule is CCN(CC)c1ccc([C@@H]2[C@H]3CCCC[C@@]3(O)CCN2CC(=O)Nc2ccccc2)cc1. The third-order valence-electron chi connectivity index (χ3n) is 7.44. The van der Waals surface area contributed by atoms with Crippen LogP contribution < -0.4 is 10.2 Å². The zero-order valence-corrected chi connectivity index (χ0v) is 19.5. The Morgan fingerprint density at radius 1 is 1.06 bits per heavy atom. The fraction of sp³-hybridized carbons (Fsp3) is 0.519. The predicted molar refractivity (Wildman–Crippen MR) is 131 cm³/mol. The van der Waals surface area contributed by atoms with Crippen LogP contribution in [0.5, 0.6) is 0 Å². The number of amides is 1. The molecule has 1 aliphatic heterocycles. The van der Waals surface area contributed by atoms with Crippen molar-refractivity contribution in [2.75, 3.05) is 36.4 Å². The number of nitrogens with zero attached hydrogens (tertiary/aromatic N) is 2. The first-order chi connectivity index (χ1) is 15.5. The number of carbonyl (C=O) groups is 1. The Morgan fingerprint density at radius 3 is 2.47 bits per heavy atom. The maximum absolute atomic E-state index is 12.9. The minimum absolute atomic E-state index is 0.00205. The monoisotopic (exact) mass is 435 g/mol. The number of anilines is 2. The van der Waals surface area contributed by atoms with E-state index in [0.717, 1.165) is 57.4 Å². The highest BCUT2D eigenvalue weighted by atomic mass is 16.3. The molecule has 5 heteroatoms. The predicted octanol–water partition coefficient (Wildman–Crippen LogP) is 4.84. The highest BCUT2D eigenvalue weighted by Gasteiger charge is 2.49. The van der Waals surface area contributed by atoms with Crippen LogP contribution in [0.15, 0.2) is 54.6 Å². The zero-order valence-electron chi connectivity index (χ0n) is 19.5. The molecule has 2 aliphatic rings. The van der Waals surface area contributed by atoms with Gasteiger partial charge in [-0.15, -0.1) is 0 Å². The molecular formula is C27H37N3O2. The van der Waals surface area contributed by atoms with E-state index in [4.69, 9.17) is 0 Å². The highest BCUT2D eigenvalue weighted by molar-refractivity contribution is 5.92. The minimum atomic E-state index is -0.618. The summed E-state index contributed by atoms with van der Waals surface area (Å²) in [5.41, 5.74) is 2.64. The molecule has 5 nitrogen and oxygen atoms in total. The number of likely N-dealkylation sites (tertiary alicyclic amines) is 1. The molecule has 0 spiro atoms. The number of rotatable bonds is 7. The molecule has 0 aromatic heterocycles. The van der Waals surface area contributed by atoms with Crippen molar-refractivity contribution >= 4 is 17.3 Å². The second kappa shape index (κ2) is 10.1. The molecule has 1 aliphatic carbocycles. The lowest BCUT2D eigenvalue weighted by molar-refractivity contribution is -0.135. The van der Waals surface area contributed by atoms with Gasteiger partial charge in [0.1, 0.15) is 0 Å². The quantitative estimate of drug-likeness (QED) is 0.653. The van der Waals surface area contributed by atoms with Gasteiger partial charge in [0.15, 0.2) is 0 Å². The van der Waals surface area contributed by atoms with Gasteiger partial charge >= 0.3 is 0 Å². The normalized spacial score (nSPS) is 25.7. The van der Waals surface area contributed by atoms with E-state index in [1.165, 1.54) is 11.3 Å². The lowest BCUT2D eigenvalue weighted by Crippen LogP contribution is -2.56. The number of piperidine rings is 1.